The van der Waals surface area contributed by atoms with Gasteiger partial charge >= 0.3 is 0 Å². The lowest BCUT2D eigenvalue weighted by Gasteiger charge is -2.11. The summed E-state index contributed by atoms with van der Waals surface area (Å²) in [6.45, 7) is 1.71. The summed E-state index contributed by atoms with van der Waals surface area (Å²) in [5, 5.41) is 11.4. The lowest BCUT2D eigenvalue weighted by Crippen LogP contribution is -2.26. The third-order valence-corrected chi connectivity index (χ3v) is 2.80. The molecule has 0 saturated heterocycles. The van der Waals surface area contributed by atoms with Gasteiger partial charge in [0.1, 0.15) is 21.6 Å². The van der Waals surface area contributed by atoms with Crippen LogP contribution in [-0.2, 0) is 9.84 Å². The van der Waals surface area contributed by atoms with Gasteiger partial charge in [0, 0.05) is 18.5 Å². The van der Waals surface area contributed by atoms with Crippen LogP contribution in [0.4, 0.5) is 5.95 Å². The minimum atomic E-state index is -3.04. The van der Waals surface area contributed by atoms with Crippen molar-refractivity contribution >= 4 is 15.8 Å². The molecule has 7 heteroatoms. The molecule has 16 heavy (non-hydrogen) atoms. The fourth-order valence-electron chi connectivity index (χ4n) is 1.21. The molecule has 0 aliphatic heterocycles. The Bertz CT molecular complexity index is 506. The maximum absolute atomic E-state index is 11.0. The maximum Gasteiger partial charge on any atom is 0.224 e. The minimum absolute atomic E-state index is 0.00680. The van der Waals surface area contributed by atoms with Gasteiger partial charge in [0.05, 0.1) is 5.75 Å². The van der Waals surface area contributed by atoms with E-state index >= 15 is 0 Å². The fourth-order valence-corrected chi connectivity index (χ4v) is 2.20. The lowest BCUT2D eigenvalue weighted by atomic mass is 10.4. The molecule has 0 amide bonds. The fraction of sp³-hybridized carbons (Fsp3) is 0.444. The highest BCUT2D eigenvalue weighted by Crippen LogP contribution is 2.02. The van der Waals surface area contributed by atoms with Gasteiger partial charge in [-0.05, 0) is 13.0 Å². The SMILES string of the molecule is CC(CS(C)(=O)=O)Nc1nccc(C#N)n1. The van der Waals surface area contributed by atoms with Crippen molar-refractivity contribution in [1.29, 1.82) is 5.26 Å². The van der Waals surface area contributed by atoms with Crippen LogP contribution in [-0.4, -0.2) is 36.4 Å². The van der Waals surface area contributed by atoms with Crippen molar-refractivity contribution in [3.63, 3.8) is 0 Å². The van der Waals surface area contributed by atoms with Crippen molar-refractivity contribution < 1.29 is 8.42 Å². The first-order valence-electron chi connectivity index (χ1n) is 4.58. The standard InChI is InChI=1S/C9H12N4O2S/c1-7(6-16(2,14)15)12-9-11-4-3-8(5-10)13-9/h3-4,7H,6H2,1-2H3,(H,11,12,13). The first-order chi connectivity index (χ1) is 7.40. The molecule has 6 nitrogen and oxygen atoms in total. The number of aromatic nitrogens is 2. The van der Waals surface area contributed by atoms with E-state index in [1.54, 1.807) is 6.92 Å². The van der Waals surface area contributed by atoms with Crippen LogP contribution in [0, 0.1) is 11.3 Å². The van der Waals surface area contributed by atoms with Gasteiger partial charge in [-0.3, -0.25) is 0 Å². The molecule has 1 atom stereocenters. The van der Waals surface area contributed by atoms with E-state index in [9.17, 15) is 8.42 Å². The number of hydrogen-bond donors (Lipinski definition) is 1. The van der Waals surface area contributed by atoms with Crippen molar-refractivity contribution in [2.75, 3.05) is 17.3 Å². The average Bonchev–Trinajstić information content (AvgIpc) is 2.15. The highest BCUT2D eigenvalue weighted by Gasteiger charge is 2.11. The molecule has 0 bridgehead atoms. The van der Waals surface area contributed by atoms with Crippen LogP contribution in [0.1, 0.15) is 12.6 Å². The number of nitrogens with one attached hydrogen (secondary N) is 1. The highest BCUT2D eigenvalue weighted by molar-refractivity contribution is 7.90. The zero-order valence-electron chi connectivity index (χ0n) is 9.01. The normalized spacial score (nSPS) is 12.8. The number of sulfone groups is 1. The van der Waals surface area contributed by atoms with Crippen LogP contribution in [0.15, 0.2) is 12.3 Å². The minimum Gasteiger partial charge on any atom is -0.351 e. The molecule has 1 N–H and O–H groups in total. The monoisotopic (exact) mass is 240 g/mol. The summed E-state index contributed by atoms with van der Waals surface area (Å²) < 4.78 is 22.0. The molecular weight excluding hydrogens is 228 g/mol. The number of nitriles is 1. The summed E-state index contributed by atoms with van der Waals surface area (Å²) in [4.78, 5) is 7.77. The van der Waals surface area contributed by atoms with Crippen LogP contribution in [0.25, 0.3) is 0 Å². The second kappa shape index (κ2) is 4.90. The summed E-state index contributed by atoms with van der Waals surface area (Å²) in [6, 6.07) is 3.06. The molecular formula is C9H12N4O2S. The largest absolute Gasteiger partial charge is 0.351 e. The zero-order chi connectivity index (χ0) is 12.2. The number of anilines is 1. The molecule has 0 aliphatic rings. The van der Waals surface area contributed by atoms with Crippen molar-refractivity contribution in [3.05, 3.63) is 18.0 Å². The second-order valence-corrected chi connectivity index (χ2v) is 5.70. The second-order valence-electron chi connectivity index (χ2n) is 3.52. The van der Waals surface area contributed by atoms with Crippen LogP contribution in [0.3, 0.4) is 0 Å². The van der Waals surface area contributed by atoms with Gasteiger partial charge in [-0.1, -0.05) is 0 Å². The van der Waals surface area contributed by atoms with E-state index < -0.39 is 9.84 Å². The van der Waals surface area contributed by atoms with E-state index in [2.05, 4.69) is 15.3 Å². The van der Waals surface area contributed by atoms with Gasteiger partial charge in [0.2, 0.25) is 5.95 Å². The maximum atomic E-state index is 11.0. The predicted octanol–water partition coefficient (Wildman–Crippen LogP) is 0.193. The smallest absolute Gasteiger partial charge is 0.224 e. The van der Waals surface area contributed by atoms with E-state index in [1.807, 2.05) is 6.07 Å². The van der Waals surface area contributed by atoms with E-state index in [4.69, 9.17) is 5.26 Å². The van der Waals surface area contributed by atoms with Gasteiger partial charge in [-0.15, -0.1) is 0 Å². The number of rotatable bonds is 4. The van der Waals surface area contributed by atoms with Gasteiger partial charge < -0.3 is 5.32 Å². The molecule has 1 heterocycles. The number of hydrogen-bond acceptors (Lipinski definition) is 6. The molecule has 0 aromatic carbocycles. The Hall–Kier alpha value is -1.68. The van der Waals surface area contributed by atoms with Crippen molar-refractivity contribution in [1.82, 2.24) is 9.97 Å². The summed E-state index contributed by atoms with van der Waals surface area (Å²) in [7, 11) is -3.04. The molecule has 0 aliphatic carbocycles. The van der Waals surface area contributed by atoms with Crippen LogP contribution in [0.2, 0.25) is 0 Å². The molecule has 86 valence electrons. The number of nitrogens with zero attached hydrogens (tertiary/aromatic N) is 3. The molecule has 0 saturated carbocycles. The van der Waals surface area contributed by atoms with Crippen LogP contribution in [0.5, 0.6) is 0 Å². The van der Waals surface area contributed by atoms with E-state index in [-0.39, 0.29) is 23.4 Å². The first kappa shape index (κ1) is 12.4. The third kappa shape index (κ3) is 4.23. The quantitative estimate of drug-likeness (QED) is 0.807. The van der Waals surface area contributed by atoms with E-state index in [1.165, 1.54) is 12.3 Å². The Labute approximate surface area is 94.3 Å². The van der Waals surface area contributed by atoms with E-state index in [0.717, 1.165) is 6.26 Å². The van der Waals surface area contributed by atoms with Crippen molar-refractivity contribution in [2.45, 2.75) is 13.0 Å². The van der Waals surface area contributed by atoms with Gasteiger partial charge in [-0.2, -0.15) is 5.26 Å². The van der Waals surface area contributed by atoms with Crippen molar-refractivity contribution in [3.8, 4) is 6.07 Å². The highest BCUT2D eigenvalue weighted by atomic mass is 32.2. The molecule has 0 radical (unpaired) electrons. The zero-order valence-corrected chi connectivity index (χ0v) is 9.82. The van der Waals surface area contributed by atoms with Gasteiger partial charge in [0.25, 0.3) is 0 Å². The Balaban J connectivity index is 2.70. The summed E-state index contributed by atoms with van der Waals surface area (Å²) in [6.07, 6.45) is 2.61. The molecule has 1 unspecified atom stereocenters. The molecule has 1 rings (SSSR count). The Morgan fingerprint density at radius 1 is 1.62 bits per heavy atom. The molecule has 0 spiro atoms. The van der Waals surface area contributed by atoms with Gasteiger partial charge in [0.15, 0.2) is 0 Å². The average molecular weight is 240 g/mol. The first-order valence-corrected chi connectivity index (χ1v) is 6.64. The summed E-state index contributed by atoms with van der Waals surface area (Å²) >= 11 is 0. The van der Waals surface area contributed by atoms with Gasteiger partial charge in [-0.25, -0.2) is 18.4 Å². The lowest BCUT2D eigenvalue weighted by molar-refractivity contribution is 0.597. The Kier molecular flexibility index (Phi) is 3.79. The molecule has 1 aromatic rings. The molecule has 1 aromatic heterocycles. The van der Waals surface area contributed by atoms with Crippen LogP contribution >= 0.6 is 0 Å². The predicted molar refractivity (Wildman–Crippen MR) is 59.5 cm³/mol. The van der Waals surface area contributed by atoms with Crippen LogP contribution < -0.4 is 5.32 Å². The topological polar surface area (TPSA) is 95.7 Å². The third-order valence-electron chi connectivity index (χ3n) is 1.70. The van der Waals surface area contributed by atoms with E-state index in [0.29, 0.717) is 0 Å². The summed E-state index contributed by atoms with van der Waals surface area (Å²) in [5.41, 5.74) is 0.240. The Morgan fingerprint density at radius 2 is 2.31 bits per heavy atom. The summed E-state index contributed by atoms with van der Waals surface area (Å²) in [5.74, 6) is 0.253. The Morgan fingerprint density at radius 3 is 2.88 bits per heavy atom. The molecule has 0 fully saturated rings. The van der Waals surface area contributed by atoms with Crippen molar-refractivity contribution in [2.24, 2.45) is 0 Å².